The second-order valence-electron chi connectivity index (χ2n) is 3.66. The molecule has 0 bridgehead atoms. The normalized spacial score (nSPS) is 9.35. The van der Waals surface area contributed by atoms with Gasteiger partial charge in [0.15, 0.2) is 16.6 Å². The standard InChI is InChI=1S/C12H15N3O4S/c1-7(16)13-12(20)15-14-11(17)8-4-5-9(18-2)10(6-8)19-3/h4-6H,1-3H3,(H,14,17)(H2,13,15,16,20). The zero-order chi connectivity index (χ0) is 15.1. The van der Waals surface area contributed by atoms with Gasteiger partial charge in [-0.1, -0.05) is 0 Å². The lowest BCUT2D eigenvalue weighted by Gasteiger charge is -2.11. The number of benzene rings is 1. The first-order valence-corrected chi connectivity index (χ1v) is 5.98. The molecule has 3 N–H and O–H groups in total. The zero-order valence-corrected chi connectivity index (χ0v) is 12.1. The van der Waals surface area contributed by atoms with Gasteiger partial charge in [-0.2, -0.15) is 0 Å². The second-order valence-corrected chi connectivity index (χ2v) is 4.07. The summed E-state index contributed by atoms with van der Waals surface area (Å²) in [7, 11) is 2.98. The van der Waals surface area contributed by atoms with Crippen LogP contribution < -0.4 is 25.6 Å². The number of carbonyl (C=O) groups excluding carboxylic acids is 2. The number of hydrogen-bond acceptors (Lipinski definition) is 5. The lowest BCUT2D eigenvalue weighted by atomic mass is 10.2. The summed E-state index contributed by atoms with van der Waals surface area (Å²) in [5.41, 5.74) is 5.11. The van der Waals surface area contributed by atoms with Crippen LogP contribution in [0.3, 0.4) is 0 Å². The molecule has 1 aromatic rings. The van der Waals surface area contributed by atoms with Crippen LogP contribution in [0.25, 0.3) is 0 Å². The fourth-order valence-corrected chi connectivity index (χ4v) is 1.55. The van der Waals surface area contributed by atoms with Crippen molar-refractivity contribution in [2.45, 2.75) is 6.92 Å². The molecule has 0 aliphatic carbocycles. The third-order valence-corrected chi connectivity index (χ3v) is 2.43. The predicted octanol–water partition coefficient (Wildman–Crippen LogP) is 0.359. The smallest absolute Gasteiger partial charge is 0.269 e. The Hall–Kier alpha value is -2.35. The van der Waals surface area contributed by atoms with E-state index in [0.29, 0.717) is 17.1 Å². The molecule has 0 unspecified atom stereocenters. The molecule has 20 heavy (non-hydrogen) atoms. The molecule has 0 fully saturated rings. The van der Waals surface area contributed by atoms with Crippen LogP contribution in [0.15, 0.2) is 18.2 Å². The lowest BCUT2D eigenvalue weighted by Crippen LogP contribution is -2.47. The van der Waals surface area contributed by atoms with Crippen molar-refractivity contribution < 1.29 is 19.1 Å². The first kappa shape index (κ1) is 15.7. The molecule has 7 nitrogen and oxygen atoms in total. The molecule has 0 spiro atoms. The van der Waals surface area contributed by atoms with Crippen LogP contribution >= 0.6 is 12.2 Å². The zero-order valence-electron chi connectivity index (χ0n) is 11.3. The maximum absolute atomic E-state index is 11.9. The number of methoxy groups -OCH3 is 2. The third-order valence-electron chi connectivity index (χ3n) is 2.22. The van der Waals surface area contributed by atoms with E-state index in [0.717, 1.165) is 0 Å². The van der Waals surface area contributed by atoms with Crippen molar-refractivity contribution in [1.29, 1.82) is 0 Å². The summed E-state index contributed by atoms with van der Waals surface area (Å²) < 4.78 is 10.2. The van der Waals surface area contributed by atoms with Crippen LogP contribution in [0.1, 0.15) is 17.3 Å². The minimum Gasteiger partial charge on any atom is -0.493 e. The molecule has 108 valence electrons. The van der Waals surface area contributed by atoms with Crippen molar-refractivity contribution in [3.05, 3.63) is 23.8 Å². The Kier molecular flexibility index (Phi) is 5.73. The van der Waals surface area contributed by atoms with Gasteiger partial charge in [0, 0.05) is 12.5 Å². The Morgan fingerprint density at radius 2 is 1.75 bits per heavy atom. The number of thiocarbonyl (C=S) groups is 1. The van der Waals surface area contributed by atoms with Gasteiger partial charge in [0.2, 0.25) is 5.91 Å². The number of carbonyl (C=O) groups is 2. The number of hydrogen-bond donors (Lipinski definition) is 3. The summed E-state index contributed by atoms with van der Waals surface area (Å²) in [6.07, 6.45) is 0. The van der Waals surface area contributed by atoms with E-state index in [4.69, 9.17) is 21.7 Å². The summed E-state index contributed by atoms with van der Waals surface area (Å²) in [4.78, 5) is 22.6. The monoisotopic (exact) mass is 297 g/mol. The molecular weight excluding hydrogens is 282 g/mol. The van der Waals surface area contributed by atoms with Crippen molar-refractivity contribution >= 4 is 29.1 Å². The van der Waals surface area contributed by atoms with E-state index in [-0.39, 0.29) is 11.0 Å². The number of ether oxygens (including phenoxy) is 2. The van der Waals surface area contributed by atoms with Crippen LogP contribution in [-0.2, 0) is 4.79 Å². The quantitative estimate of drug-likeness (QED) is 0.551. The van der Waals surface area contributed by atoms with Gasteiger partial charge in [-0.3, -0.25) is 20.4 Å². The highest BCUT2D eigenvalue weighted by molar-refractivity contribution is 7.80. The molecule has 1 aromatic carbocycles. The highest BCUT2D eigenvalue weighted by Gasteiger charge is 2.10. The second kappa shape index (κ2) is 7.29. The van der Waals surface area contributed by atoms with E-state index in [1.165, 1.54) is 27.2 Å². The first-order chi connectivity index (χ1) is 9.47. The van der Waals surface area contributed by atoms with Gasteiger partial charge in [0.1, 0.15) is 0 Å². The van der Waals surface area contributed by atoms with E-state index < -0.39 is 5.91 Å². The molecule has 1 rings (SSSR count). The Bertz CT molecular complexity index is 533. The molecule has 0 saturated heterocycles. The fraction of sp³-hybridized carbons (Fsp3) is 0.250. The van der Waals surface area contributed by atoms with Gasteiger partial charge < -0.3 is 14.8 Å². The Balaban J connectivity index is 2.68. The van der Waals surface area contributed by atoms with Crippen LogP contribution in [0.4, 0.5) is 0 Å². The Labute approximate surface area is 121 Å². The SMILES string of the molecule is COc1ccc(C(=O)NNC(=S)NC(C)=O)cc1OC. The molecule has 0 aromatic heterocycles. The van der Waals surface area contributed by atoms with E-state index >= 15 is 0 Å². The molecule has 0 radical (unpaired) electrons. The average Bonchev–Trinajstić information content (AvgIpc) is 2.43. The number of hydrazine groups is 1. The Morgan fingerprint density at radius 1 is 1.10 bits per heavy atom. The van der Waals surface area contributed by atoms with Gasteiger partial charge in [-0.15, -0.1) is 0 Å². The summed E-state index contributed by atoms with van der Waals surface area (Å²) >= 11 is 4.78. The summed E-state index contributed by atoms with van der Waals surface area (Å²) in [5.74, 6) is 0.192. The summed E-state index contributed by atoms with van der Waals surface area (Å²) in [6, 6.07) is 4.71. The topological polar surface area (TPSA) is 88.7 Å². The first-order valence-electron chi connectivity index (χ1n) is 5.58. The average molecular weight is 297 g/mol. The highest BCUT2D eigenvalue weighted by atomic mass is 32.1. The van der Waals surface area contributed by atoms with Crippen molar-refractivity contribution in [3.8, 4) is 11.5 Å². The van der Waals surface area contributed by atoms with E-state index in [1.54, 1.807) is 12.1 Å². The van der Waals surface area contributed by atoms with Gasteiger partial charge in [-0.25, -0.2) is 0 Å². The van der Waals surface area contributed by atoms with E-state index in [1.807, 2.05) is 0 Å². The molecule has 2 amide bonds. The molecule has 0 heterocycles. The Morgan fingerprint density at radius 3 is 2.30 bits per heavy atom. The molecule has 0 aliphatic rings. The molecule has 8 heteroatoms. The van der Waals surface area contributed by atoms with Gasteiger partial charge in [0.25, 0.3) is 5.91 Å². The number of nitrogens with one attached hydrogen (secondary N) is 3. The van der Waals surface area contributed by atoms with Crippen LogP contribution in [0.2, 0.25) is 0 Å². The summed E-state index contributed by atoms with van der Waals surface area (Å²) in [5, 5.41) is 2.32. The largest absolute Gasteiger partial charge is 0.493 e. The van der Waals surface area contributed by atoms with Crippen molar-refractivity contribution in [1.82, 2.24) is 16.2 Å². The highest BCUT2D eigenvalue weighted by Crippen LogP contribution is 2.27. The molecular formula is C12H15N3O4S. The number of rotatable bonds is 3. The predicted molar refractivity (Wildman–Crippen MR) is 76.6 cm³/mol. The maximum atomic E-state index is 11.9. The lowest BCUT2D eigenvalue weighted by molar-refractivity contribution is -0.117. The van der Waals surface area contributed by atoms with Crippen LogP contribution in [0.5, 0.6) is 11.5 Å². The van der Waals surface area contributed by atoms with Crippen molar-refractivity contribution in [2.75, 3.05) is 14.2 Å². The molecule has 0 saturated carbocycles. The maximum Gasteiger partial charge on any atom is 0.269 e. The van der Waals surface area contributed by atoms with Gasteiger partial charge >= 0.3 is 0 Å². The minimum absolute atomic E-state index is 0.00586. The molecule has 0 aliphatic heterocycles. The van der Waals surface area contributed by atoms with Gasteiger partial charge in [-0.05, 0) is 30.4 Å². The van der Waals surface area contributed by atoms with Crippen molar-refractivity contribution in [3.63, 3.8) is 0 Å². The van der Waals surface area contributed by atoms with E-state index in [9.17, 15) is 9.59 Å². The van der Waals surface area contributed by atoms with Crippen LogP contribution in [0, 0.1) is 0 Å². The van der Waals surface area contributed by atoms with E-state index in [2.05, 4.69) is 16.2 Å². The third kappa shape index (κ3) is 4.39. The molecule has 0 atom stereocenters. The number of amides is 2. The van der Waals surface area contributed by atoms with Crippen LogP contribution in [-0.4, -0.2) is 31.1 Å². The minimum atomic E-state index is -0.432. The van der Waals surface area contributed by atoms with Crippen molar-refractivity contribution in [2.24, 2.45) is 0 Å². The summed E-state index contributed by atoms with van der Waals surface area (Å²) in [6.45, 7) is 1.31. The fourth-order valence-electron chi connectivity index (χ4n) is 1.35. The van der Waals surface area contributed by atoms with Gasteiger partial charge in [0.05, 0.1) is 14.2 Å².